The van der Waals surface area contributed by atoms with Gasteiger partial charge in [-0.3, -0.25) is 4.79 Å². The van der Waals surface area contributed by atoms with Gasteiger partial charge in [0.05, 0.1) is 9.90 Å². The lowest BCUT2D eigenvalue weighted by Crippen LogP contribution is -2.48. The number of rotatable bonds is 5. The third-order valence-electron chi connectivity index (χ3n) is 4.57. The zero-order valence-corrected chi connectivity index (χ0v) is 16.4. The molecule has 3 rings (SSSR count). The molecule has 4 nitrogen and oxygen atoms in total. The molecule has 0 saturated carbocycles. The van der Waals surface area contributed by atoms with Crippen LogP contribution in [-0.2, 0) is 12.8 Å². The second-order valence-corrected chi connectivity index (χ2v) is 7.85. The summed E-state index contributed by atoms with van der Waals surface area (Å²) in [6, 6.07) is 5.89. The fraction of sp³-hybridized carbons (Fsp3) is 0.474. The van der Waals surface area contributed by atoms with E-state index in [2.05, 4.69) is 29.8 Å². The van der Waals surface area contributed by atoms with E-state index in [1.807, 2.05) is 17.0 Å². The van der Waals surface area contributed by atoms with Crippen molar-refractivity contribution < 1.29 is 4.79 Å². The maximum Gasteiger partial charge on any atom is 0.264 e. The van der Waals surface area contributed by atoms with Crippen LogP contribution in [0, 0.1) is 0 Å². The third kappa shape index (κ3) is 4.15. The van der Waals surface area contributed by atoms with E-state index in [0.29, 0.717) is 5.02 Å². The normalized spacial score (nSPS) is 14.8. The van der Waals surface area contributed by atoms with Crippen molar-refractivity contribution in [2.75, 3.05) is 31.1 Å². The average molecular weight is 378 g/mol. The number of anilines is 1. The summed E-state index contributed by atoms with van der Waals surface area (Å²) < 4.78 is 0. The summed E-state index contributed by atoms with van der Waals surface area (Å²) >= 11 is 7.58. The minimum atomic E-state index is 0.172. The van der Waals surface area contributed by atoms with Gasteiger partial charge >= 0.3 is 0 Å². The molecule has 1 saturated heterocycles. The number of aromatic nitrogens is 1. The van der Waals surface area contributed by atoms with E-state index >= 15 is 0 Å². The standard InChI is InChI=1S/C19H24ClN3OS/c1-3-5-16-14(4-2)12-17(25-16)19(24)23-10-8-22(9-11-23)18-7-6-15(20)13-21-18/h6-7,12-13H,3-5,8-11H2,1-2H3. The van der Waals surface area contributed by atoms with Crippen LogP contribution in [0.5, 0.6) is 0 Å². The largest absolute Gasteiger partial charge is 0.353 e. The first-order chi connectivity index (χ1) is 12.1. The highest BCUT2D eigenvalue weighted by Gasteiger charge is 2.24. The second-order valence-electron chi connectivity index (χ2n) is 6.28. The van der Waals surface area contributed by atoms with Gasteiger partial charge in [0.25, 0.3) is 5.91 Å². The number of halogens is 1. The van der Waals surface area contributed by atoms with E-state index in [1.165, 1.54) is 10.4 Å². The molecule has 1 amide bonds. The molecule has 1 aliphatic rings. The molecule has 0 radical (unpaired) electrons. The third-order valence-corrected chi connectivity index (χ3v) is 6.02. The first-order valence-corrected chi connectivity index (χ1v) is 10.1. The molecule has 1 fully saturated rings. The van der Waals surface area contributed by atoms with Crippen LogP contribution < -0.4 is 4.90 Å². The van der Waals surface area contributed by atoms with Gasteiger partial charge in [-0.15, -0.1) is 11.3 Å². The van der Waals surface area contributed by atoms with Crippen LogP contribution >= 0.6 is 22.9 Å². The number of nitrogens with zero attached hydrogens (tertiary/aromatic N) is 3. The molecule has 2 aromatic rings. The van der Waals surface area contributed by atoms with E-state index in [0.717, 1.165) is 56.1 Å². The molecule has 0 spiro atoms. The van der Waals surface area contributed by atoms with Crippen molar-refractivity contribution in [3.05, 3.63) is 44.7 Å². The number of aryl methyl sites for hydroxylation is 2. The van der Waals surface area contributed by atoms with Crippen molar-refractivity contribution in [3.8, 4) is 0 Å². The van der Waals surface area contributed by atoms with Gasteiger partial charge in [-0.25, -0.2) is 4.98 Å². The van der Waals surface area contributed by atoms with Gasteiger partial charge in [-0.2, -0.15) is 0 Å². The van der Waals surface area contributed by atoms with Crippen molar-refractivity contribution in [1.29, 1.82) is 0 Å². The number of carbonyl (C=O) groups excluding carboxylic acids is 1. The predicted octanol–water partition coefficient (Wildman–Crippen LogP) is 4.27. The first-order valence-electron chi connectivity index (χ1n) is 8.89. The van der Waals surface area contributed by atoms with Gasteiger partial charge in [-0.05, 0) is 36.6 Å². The van der Waals surface area contributed by atoms with Crippen LogP contribution in [0.25, 0.3) is 0 Å². The van der Waals surface area contributed by atoms with Crippen molar-refractivity contribution in [2.24, 2.45) is 0 Å². The number of amides is 1. The molecule has 6 heteroatoms. The van der Waals surface area contributed by atoms with Crippen LogP contribution in [0.2, 0.25) is 5.02 Å². The van der Waals surface area contributed by atoms with Gasteiger partial charge in [0.15, 0.2) is 0 Å². The summed E-state index contributed by atoms with van der Waals surface area (Å²) in [5.74, 6) is 1.09. The lowest BCUT2D eigenvalue weighted by molar-refractivity contribution is 0.0751. The molecular weight excluding hydrogens is 354 g/mol. The summed E-state index contributed by atoms with van der Waals surface area (Å²) in [4.78, 5) is 23.7. The molecule has 0 atom stereocenters. The lowest BCUT2D eigenvalue weighted by Gasteiger charge is -2.35. The molecule has 134 valence electrons. The summed E-state index contributed by atoms with van der Waals surface area (Å²) in [5.41, 5.74) is 1.33. The van der Waals surface area contributed by atoms with Gasteiger partial charge in [0.2, 0.25) is 0 Å². The Morgan fingerprint density at radius 1 is 1.24 bits per heavy atom. The molecule has 2 aromatic heterocycles. The molecule has 1 aliphatic heterocycles. The minimum Gasteiger partial charge on any atom is -0.353 e. The molecule has 25 heavy (non-hydrogen) atoms. The summed E-state index contributed by atoms with van der Waals surface area (Å²) in [6.45, 7) is 7.40. The van der Waals surface area contributed by atoms with Crippen molar-refractivity contribution in [1.82, 2.24) is 9.88 Å². The summed E-state index contributed by atoms with van der Waals surface area (Å²) in [7, 11) is 0. The van der Waals surface area contributed by atoms with Gasteiger partial charge in [0, 0.05) is 37.3 Å². The molecule has 0 bridgehead atoms. The van der Waals surface area contributed by atoms with E-state index in [4.69, 9.17) is 11.6 Å². The monoisotopic (exact) mass is 377 g/mol. The Kier molecular flexibility index (Phi) is 5.97. The summed E-state index contributed by atoms with van der Waals surface area (Å²) in [6.07, 6.45) is 4.85. The van der Waals surface area contributed by atoms with E-state index in [9.17, 15) is 4.79 Å². The van der Waals surface area contributed by atoms with Crippen molar-refractivity contribution in [3.63, 3.8) is 0 Å². The Morgan fingerprint density at radius 3 is 2.60 bits per heavy atom. The molecule has 0 N–H and O–H groups in total. The Morgan fingerprint density at radius 2 is 2.00 bits per heavy atom. The highest BCUT2D eigenvalue weighted by molar-refractivity contribution is 7.14. The summed E-state index contributed by atoms with van der Waals surface area (Å²) in [5, 5.41) is 0.643. The van der Waals surface area contributed by atoms with E-state index < -0.39 is 0 Å². The van der Waals surface area contributed by atoms with Crippen molar-refractivity contribution in [2.45, 2.75) is 33.1 Å². The van der Waals surface area contributed by atoms with Gasteiger partial charge in [-0.1, -0.05) is 31.9 Å². The zero-order chi connectivity index (χ0) is 17.8. The molecule has 0 aliphatic carbocycles. The fourth-order valence-corrected chi connectivity index (χ4v) is 4.59. The van der Waals surface area contributed by atoms with Crippen molar-refractivity contribution >= 4 is 34.7 Å². The second kappa shape index (κ2) is 8.19. The van der Waals surface area contributed by atoms with Gasteiger partial charge in [0.1, 0.15) is 5.82 Å². The number of pyridine rings is 1. The predicted molar refractivity (Wildman–Crippen MR) is 105 cm³/mol. The zero-order valence-electron chi connectivity index (χ0n) is 14.8. The smallest absolute Gasteiger partial charge is 0.264 e. The Balaban J connectivity index is 1.64. The topological polar surface area (TPSA) is 36.4 Å². The maximum absolute atomic E-state index is 12.9. The molecule has 0 aromatic carbocycles. The van der Waals surface area contributed by atoms with Crippen LogP contribution in [0.3, 0.4) is 0 Å². The molecular formula is C19H24ClN3OS. The quantitative estimate of drug-likeness (QED) is 0.780. The Hall–Kier alpha value is -1.59. The highest BCUT2D eigenvalue weighted by atomic mass is 35.5. The molecule has 3 heterocycles. The Labute approximate surface area is 158 Å². The van der Waals surface area contributed by atoms with Crippen LogP contribution in [0.1, 0.15) is 40.4 Å². The number of carbonyl (C=O) groups is 1. The SMILES string of the molecule is CCCc1sc(C(=O)N2CCN(c3ccc(Cl)cn3)CC2)cc1CC. The lowest BCUT2D eigenvalue weighted by atomic mass is 10.1. The fourth-order valence-electron chi connectivity index (χ4n) is 3.16. The van der Waals surface area contributed by atoms with E-state index in [1.54, 1.807) is 17.5 Å². The van der Waals surface area contributed by atoms with Crippen LogP contribution in [-0.4, -0.2) is 42.0 Å². The number of hydrogen-bond donors (Lipinski definition) is 0. The Bertz CT molecular complexity index is 721. The maximum atomic E-state index is 12.9. The minimum absolute atomic E-state index is 0.172. The van der Waals surface area contributed by atoms with Gasteiger partial charge < -0.3 is 9.80 Å². The number of thiophene rings is 1. The highest BCUT2D eigenvalue weighted by Crippen LogP contribution is 2.26. The van der Waals surface area contributed by atoms with E-state index in [-0.39, 0.29) is 5.91 Å². The molecule has 0 unspecified atom stereocenters. The number of hydrogen-bond acceptors (Lipinski definition) is 4. The first kappa shape index (κ1) is 18.2. The van der Waals surface area contributed by atoms with Crippen LogP contribution in [0.4, 0.5) is 5.82 Å². The van der Waals surface area contributed by atoms with Crippen LogP contribution in [0.15, 0.2) is 24.4 Å². The number of piperazine rings is 1. The average Bonchev–Trinajstić information content (AvgIpc) is 3.05.